The van der Waals surface area contributed by atoms with Crippen LogP contribution in [0, 0.1) is 5.82 Å². The number of hydrogen-bond acceptors (Lipinski definition) is 5. The summed E-state index contributed by atoms with van der Waals surface area (Å²) >= 11 is 0. The van der Waals surface area contributed by atoms with Gasteiger partial charge < -0.3 is 24.5 Å². The van der Waals surface area contributed by atoms with Crippen LogP contribution < -0.4 is 5.73 Å². The van der Waals surface area contributed by atoms with Crippen molar-refractivity contribution < 1.29 is 28.2 Å². The molecule has 0 aliphatic carbocycles. The molecule has 1 aliphatic rings. The Morgan fingerprint density at radius 3 is 2.17 bits per heavy atom. The van der Waals surface area contributed by atoms with Crippen molar-refractivity contribution in [2.45, 2.75) is 104 Å². The van der Waals surface area contributed by atoms with E-state index in [9.17, 15) is 14.0 Å². The second-order valence-electron chi connectivity index (χ2n) is 12.7. The fourth-order valence-corrected chi connectivity index (χ4v) is 5.90. The summed E-state index contributed by atoms with van der Waals surface area (Å²) in [7, 11) is 0. The quantitative estimate of drug-likeness (QED) is 0.271. The predicted octanol–water partition coefficient (Wildman–Crippen LogP) is 7.22. The summed E-state index contributed by atoms with van der Waals surface area (Å²) in [6, 6.07) is 15.9. The molecule has 0 bridgehead atoms. The lowest BCUT2D eigenvalue weighted by atomic mass is 9.92. The Hall–Kier alpha value is -3.49. The van der Waals surface area contributed by atoms with E-state index in [0.29, 0.717) is 25.0 Å². The van der Waals surface area contributed by atoms with Crippen LogP contribution in [-0.4, -0.2) is 40.0 Å². The number of carbonyl (C=O) groups excluding carboxylic acids is 2. The number of esters is 1. The van der Waals surface area contributed by atoms with E-state index in [1.807, 2.05) is 83.4 Å². The summed E-state index contributed by atoms with van der Waals surface area (Å²) < 4.78 is 34.0. The first-order chi connectivity index (χ1) is 19.6. The molecule has 3 aromatic rings. The Bertz CT molecular complexity index is 1400. The molecule has 42 heavy (non-hydrogen) atoms. The molecule has 8 heteroatoms. The summed E-state index contributed by atoms with van der Waals surface area (Å²) in [5.74, 6) is -2.06. The van der Waals surface area contributed by atoms with Gasteiger partial charge >= 0.3 is 5.97 Å². The molecule has 1 saturated heterocycles. The number of hydrogen-bond donors (Lipinski definition) is 1. The minimum atomic E-state index is -0.886. The van der Waals surface area contributed by atoms with Crippen LogP contribution in [0.25, 0.3) is 22.3 Å². The number of aromatic nitrogens is 1. The van der Waals surface area contributed by atoms with E-state index in [2.05, 4.69) is 0 Å². The number of amides is 1. The standard InChI is InChI=1S/C34H43FN2O5/c1-21(2)37-27(18-17-25-19-26(41-34(6,7)40-25)20-28(38)42-33(3,4)5)29(23-13-15-24(35)16-14-23)30(31(37)32(36)39)22-11-9-8-10-12-22/h8-16,21,25-26H,17-20H2,1-7H3,(H2,36,39). The molecular formula is C34H43FN2O5. The van der Waals surface area contributed by atoms with E-state index in [4.69, 9.17) is 19.9 Å². The second kappa shape index (κ2) is 12.4. The van der Waals surface area contributed by atoms with Gasteiger partial charge in [0.05, 0.1) is 18.6 Å². The van der Waals surface area contributed by atoms with Gasteiger partial charge in [0.25, 0.3) is 5.91 Å². The lowest BCUT2D eigenvalue weighted by molar-refractivity contribution is -0.300. The van der Waals surface area contributed by atoms with Gasteiger partial charge in [0, 0.05) is 29.3 Å². The van der Waals surface area contributed by atoms with E-state index in [1.54, 1.807) is 12.1 Å². The third kappa shape index (κ3) is 7.47. The van der Waals surface area contributed by atoms with Gasteiger partial charge in [-0.1, -0.05) is 42.5 Å². The molecule has 1 aromatic heterocycles. The maximum atomic E-state index is 14.0. The fraction of sp³-hybridized carbons (Fsp3) is 0.471. The molecule has 4 rings (SSSR count). The molecule has 226 valence electrons. The molecule has 2 N–H and O–H groups in total. The zero-order chi connectivity index (χ0) is 30.8. The van der Waals surface area contributed by atoms with Crippen LogP contribution in [0.15, 0.2) is 54.6 Å². The molecule has 0 spiro atoms. The maximum absolute atomic E-state index is 14.0. The van der Waals surface area contributed by atoms with E-state index in [-0.39, 0.29) is 36.5 Å². The second-order valence-corrected chi connectivity index (χ2v) is 12.7. The Labute approximate surface area is 248 Å². The third-order valence-electron chi connectivity index (χ3n) is 7.20. The average molecular weight is 579 g/mol. The van der Waals surface area contributed by atoms with Crippen LogP contribution in [0.1, 0.15) is 90.0 Å². The number of carbonyl (C=O) groups is 2. The van der Waals surface area contributed by atoms with Crippen LogP contribution in [0.2, 0.25) is 0 Å². The highest BCUT2D eigenvalue weighted by Gasteiger charge is 2.38. The minimum absolute atomic E-state index is 0.0777. The molecule has 2 unspecified atom stereocenters. The Balaban J connectivity index is 1.75. The highest BCUT2D eigenvalue weighted by Crippen LogP contribution is 2.43. The van der Waals surface area contributed by atoms with Crippen LogP contribution >= 0.6 is 0 Å². The molecule has 1 aliphatic heterocycles. The number of nitrogens with zero attached hydrogens (tertiary/aromatic N) is 1. The van der Waals surface area contributed by atoms with Gasteiger partial charge in [-0.2, -0.15) is 0 Å². The highest BCUT2D eigenvalue weighted by atomic mass is 19.1. The first-order valence-electron chi connectivity index (χ1n) is 14.6. The fourth-order valence-electron chi connectivity index (χ4n) is 5.90. The normalized spacial score (nSPS) is 18.7. The van der Waals surface area contributed by atoms with Crippen molar-refractivity contribution in [3.8, 4) is 22.3 Å². The largest absolute Gasteiger partial charge is 0.460 e. The zero-order valence-electron chi connectivity index (χ0n) is 25.7. The molecule has 0 saturated carbocycles. The summed E-state index contributed by atoms with van der Waals surface area (Å²) in [5.41, 5.74) is 10.0. The third-order valence-corrected chi connectivity index (χ3v) is 7.20. The number of rotatable bonds is 9. The number of benzene rings is 2. The molecule has 2 aromatic carbocycles. The van der Waals surface area contributed by atoms with Crippen molar-refractivity contribution in [2.75, 3.05) is 0 Å². The summed E-state index contributed by atoms with van der Waals surface area (Å²) in [6.45, 7) is 13.3. The van der Waals surface area contributed by atoms with Crippen molar-refractivity contribution in [1.29, 1.82) is 0 Å². The molecule has 1 fully saturated rings. The number of primary amides is 1. The van der Waals surface area contributed by atoms with Gasteiger partial charge in [0.15, 0.2) is 5.79 Å². The van der Waals surface area contributed by atoms with Crippen molar-refractivity contribution in [2.24, 2.45) is 5.73 Å². The molecule has 7 nitrogen and oxygen atoms in total. The van der Waals surface area contributed by atoms with Gasteiger partial charge in [0.1, 0.15) is 17.1 Å². The van der Waals surface area contributed by atoms with Crippen molar-refractivity contribution in [3.05, 3.63) is 71.8 Å². The van der Waals surface area contributed by atoms with E-state index >= 15 is 0 Å². The first-order valence-corrected chi connectivity index (χ1v) is 14.6. The Kier molecular flexibility index (Phi) is 9.28. The van der Waals surface area contributed by atoms with Crippen LogP contribution in [0.4, 0.5) is 4.39 Å². The number of ether oxygens (including phenoxy) is 3. The zero-order valence-corrected chi connectivity index (χ0v) is 25.7. The Morgan fingerprint density at radius 2 is 1.60 bits per heavy atom. The van der Waals surface area contributed by atoms with Crippen LogP contribution in [-0.2, 0) is 25.4 Å². The maximum Gasteiger partial charge on any atom is 0.308 e. The van der Waals surface area contributed by atoms with E-state index in [0.717, 1.165) is 27.9 Å². The summed E-state index contributed by atoms with van der Waals surface area (Å²) in [4.78, 5) is 25.7. The van der Waals surface area contributed by atoms with E-state index in [1.165, 1.54) is 12.1 Å². The van der Waals surface area contributed by atoms with Gasteiger partial charge in [-0.3, -0.25) is 9.59 Å². The summed E-state index contributed by atoms with van der Waals surface area (Å²) in [5, 5.41) is 0. The highest BCUT2D eigenvalue weighted by molar-refractivity contribution is 6.04. The van der Waals surface area contributed by atoms with Gasteiger partial charge in [-0.05, 0) is 84.6 Å². The van der Waals surface area contributed by atoms with Gasteiger partial charge in [0.2, 0.25) is 0 Å². The molecule has 0 radical (unpaired) electrons. The Morgan fingerprint density at radius 1 is 1.00 bits per heavy atom. The van der Waals surface area contributed by atoms with Crippen LogP contribution in [0.5, 0.6) is 0 Å². The smallest absolute Gasteiger partial charge is 0.308 e. The lowest BCUT2D eigenvalue weighted by Crippen LogP contribution is -2.45. The molecular weight excluding hydrogens is 535 g/mol. The van der Waals surface area contributed by atoms with Gasteiger partial charge in [-0.15, -0.1) is 0 Å². The van der Waals surface area contributed by atoms with E-state index < -0.39 is 17.3 Å². The van der Waals surface area contributed by atoms with Crippen molar-refractivity contribution in [1.82, 2.24) is 4.57 Å². The van der Waals surface area contributed by atoms with Crippen molar-refractivity contribution in [3.63, 3.8) is 0 Å². The molecule has 2 heterocycles. The SMILES string of the molecule is CC(C)n1c(CCC2CC(CC(=O)OC(C)(C)C)OC(C)(C)O2)c(-c2ccc(F)cc2)c(-c2ccccc2)c1C(N)=O. The minimum Gasteiger partial charge on any atom is -0.460 e. The predicted molar refractivity (Wildman–Crippen MR) is 161 cm³/mol. The van der Waals surface area contributed by atoms with Gasteiger partial charge in [-0.25, -0.2) is 4.39 Å². The molecule has 2 atom stereocenters. The van der Waals surface area contributed by atoms with Crippen molar-refractivity contribution >= 4 is 11.9 Å². The molecule has 1 amide bonds. The average Bonchev–Trinajstić information content (AvgIpc) is 3.22. The first kappa shape index (κ1) is 31.4. The number of halogens is 1. The van der Waals surface area contributed by atoms with Crippen LogP contribution in [0.3, 0.4) is 0 Å². The monoisotopic (exact) mass is 578 g/mol. The summed E-state index contributed by atoms with van der Waals surface area (Å²) in [6.07, 6.45) is 1.24. The lowest BCUT2D eigenvalue weighted by Gasteiger charge is -2.41. The topological polar surface area (TPSA) is 92.8 Å². The number of nitrogens with two attached hydrogens (primary N) is 1.